The van der Waals surface area contributed by atoms with E-state index < -0.39 is 23.1 Å². The lowest BCUT2D eigenvalue weighted by atomic mass is 10.1. The summed E-state index contributed by atoms with van der Waals surface area (Å²) in [4.78, 5) is 20.8. The topological polar surface area (TPSA) is 45.7 Å². The first-order chi connectivity index (χ1) is 13.4. The largest absolute Gasteiger partial charge is 0.492 e. The molecule has 0 unspecified atom stereocenters. The molecule has 0 spiro atoms. The fraction of sp³-hybridized carbons (Fsp3) is 0.300. The van der Waals surface area contributed by atoms with Crippen LogP contribution in [0.5, 0.6) is 5.75 Å². The zero-order chi connectivity index (χ0) is 20.3. The summed E-state index contributed by atoms with van der Waals surface area (Å²) in [5, 5.41) is 0.372. The minimum atomic E-state index is -0.893. The number of carbonyl (C=O) groups excluding carboxylic acids is 1. The van der Waals surface area contributed by atoms with E-state index in [-0.39, 0.29) is 19.0 Å². The van der Waals surface area contributed by atoms with Crippen LogP contribution in [0.1, 0.15) is 17.3 Å². The average molecular weight is 442 g/mol. The van der Waals surface area contributed by atoms with E-state index in [9.17, 15) is 13.6 Å². The number of thiazole rings is 1. The van der Waals surface area contributed by atoms with Gasteiger partial charge < -0.3 is 9.64 Å². The highest BCUT2D eigenvalue weighted by Crippen LogP contribution is 2.35. The molecule has 0 aliphatic carbocycles. The molecule has 1 heterocycles. The number of likely N-dealkylation sites (N-methyl/N-ethyl adjacent to an activating group) is 1. The summed E-state index contributed by atoms with van der Waals surface area (Å²) in [5.74, 6) is -1.93. The van der Waals surface area contributed by atoms with Crippen LogP contribution in [0.3, 0.4) is 0 Å². The number of benzene rings is 2. The standard InChI is InChI=1S/C20H21F2N3O2S.ClH/c1-4-27-15-9-6-10-16-18(15)23-20(28-16)25(12-11-24(2)3)19(26)17-13(21)7-5-8-14(17)22;/h5-10H,4,11-12H2,1-3H3;1H. The molecule has 0 aliphatic heterocycles. The van der Waals surface area contributed by atoms with Crippen molar-refractivity contribution < 1.29 is 18.3 Å². The second-order valence-corrected chi connectivity index (χ2v) is 7.40. The molecule has 0 aliphatic rings. The minimum Gasteiger partial charge on any atom is -0.492 e. The third-order valence-electron chi connectivity index (χ3n) is 4.09. The summed E-state index contributed by atoms with van der Waals surface area (Å²) in [6.45, 7) is 3.11. The first-order valence-electron chi connectivity index (χ1n) is 8.85. The van der Waals surface area contributed by atoms with Crippen LogP contribution in [0.4, 0.5) is 13.9 Å². The van der Waals surface area contributed by atoms with Gasteiger partial charge in [0.2, 0.25) is 0 Å². The number of aromatic nitrogens is 1. The minimum absolute atomic E-state index is 0. The third-order valence-corrected chi connectivity index (χ3v) is 5.14. The number of halogens is 3. The van der Waals surface area contributed by atoms with Crippen LogP contribution >= 0.6 is 23.7 Å². The summed E-state index contributed by atoms with van der Waals surface area (Å²) in [5.41, 5.74) is 0.0477. The molecule has 0 N–H and O–H groups in total. The normalized spacial score (nSPS) is 10.8. The molecule has 0 fully saturated rings. The van der Waals surface area contributed by atoms with Crippen molar-refractivity contribution in [3.05, 3.63) is 53.6 Å². The van der Waals surface area contributed by atoms with Gasteiger partial charge in [0.15, 0.2) is 5.13 Å². The van der Waals surface area contributed by atoms with Gasteiger partial charge >= 0.3 is 0 Å². The zero-order valence-electron chi connectivity index (χ0n) is 16.3. The lowest BCUT2D eigenvalue weighted by Crippen LogP contribution is -2.37. The molecule has 0 bridgehead atoms. The first kappa shape index (κ1) is 23.0. The molecule has 0 radical (unpaired) electrons. The smallest absolute Gasteiger partial charge is 0.266 e. The van der Waals surface area contributed by atoms with E-state index in [0.717, 1.165) is 16.8 Å². The molecule has 156 valence electrons. The van der Waals surface area contributed by atoms with Gasteiger partial charge in [0.05, 0.1) is 11.3 Å². The van der Waals surface area contributed by atoms with Gasteiger partial charge in [0.1, 0.15) is 28.5 Å². The molecule has 1 aromatic heterocycles. The summed E-state index contributed by atoms with van der Waals surface area (Å²) in [6, 6.07) is 8.91. The lowest BCUT2D eigenvalue weighted by molar-refractivity contribution is 0.0977. The number of anilines is 1. The van der Waals surface area contributed by atoms with Crippen molar-refractivity contribution in [2.75, 3.05) is 38.7 Å². The van der Waals surface area contributed by atoms with Crippen LogP contribution in [0.15, 0.2) is 36.4 Å². The molecule has 9 heteroatoms. The van der Waals surface area contributed by atoms with Crippen LogP contribution in [-0.4, -0.2) is 49.6 Å². The average Bonchev–Trinajstić information content (AvgIpc) is 3.06. The zero-order valence-corrected chi connectivity index (χ0v) is 17.9. The second kappa shape index (κ2) is 9.96. The van der Waals surface area contributed by atoms with Gasteiger partial charge in [-0.25, -0.2) is 13.8 Å². The van der Waals surface area contributed by atoms with E-state index in [4.69, 9.17) is 4.74 Å². The summed E-state index contributed by atoms with van der Waals surface area (Å²) in [6.07, 6.45) is 0. The van der Waals surface area contributed by atoms with Crippen molar-refractivity contribution in [2.45, 2.75) is 6.92 Å². The van der Waals surface area contributed by atoms with E-state index >= 15 is 0 Å². The highest BCUT2D eigenvalue weighted by atomic mass is 35.5. The highest BCUT2D eigenvalue weighted by molar-refractivity contribution is 7.22. The second-order valence-electron chi connectivity index (χ2n) is 6.39. The van der Waals surface area contributed by atoms with Crippen molar-refractivity contribution in [2.24, 2.45) is 0 Å². The van der Waals surface area contributed by atoms with Gasteiger partial charge in [-0.05, 0) is 45.3 Å². The quantitative estimate of drug-likeness (QED) is 0.537. The molecule has 5 nitrogen and oxygen atoms in total. The van der Waals surface area contributed by atoms with Gasteiger partial charge in [-0.2, -0.15) is 0 Å². The summed E-state index contributed by atoms with van der Waals surface area (Å²) < 4.78 is 34.9. The van der Waals surface area contributed by atoms with E-state index in [1.165, 1.54) is 22.3 Å². The van der Waals surface area contributed by atoms with E-state index in [0.29, 0.717) is 29.5 Å². The van der Waals surface area contributed by atoms with Crippen molar-refractivity contribution in [1.82, 2.24) is 9.88 Å². The van der Waals surface area contributed by atoms with E-state index in [1.54, 1.807) is 6.07 Å². The van der Waals surface area contributed by atoms with Gasteiger partial charge in [0, 0.05) is 13.1 Å². The van der Waals surface area contributed by atoms with Crippen LogP contribution < -0.4 is 9.64 Å². The number of amides is 1. The molecule has 29 heavy (non-hydrogen) atoms. The molecule has 0 saturated carbocycles. The summed E-state index contributed by atoms with van der Waals surface area (Å²) in [7, 11) is 3.72. The molecular formula is C20H22ClF2N3O2S. The molecule has 0 saturated heterocycles. The Morgan fingerprint density at radius 1 is 1.10 bits per heavy atom. The maximum atomic E-state index is 14.2. The molecule has 1 amide bonds. The molecule has 3 aromatic rings. The molecular weight excluding hydrogens is 420 g/mol. The fourth-order valence-corrected chi connectivity index (χ4v) is 3.73. The number of para-hydroxylation sites is 1. The van der Waals surface area contributed by atoms with Crippen LogP contribution in [0.25, 0.3) is 10.2 Å². The number of hydrogen-bond acceptors (Lipinski definition) is 5. The Bertz CT molecular complexity index is 977. The van der Waals surface area contributed by atoms with Crippen LogP contribution in [0.2, 0.25) is 0 Å². The van der Waals surface area contributed by atoms with Gasteiger partial charge in [-0.15, -0.1) is 12.4 Å². The first-order valence-corrected chi connectivity index (χ1v) is 9.67. The monoisotopic (exact) mass is 441 g/mol. The molecule has 0 atom stereocenters. The maximum Gasteiger partial charge on any atom is 0.266 e. The maximum absolute atomic E-state index is 14.2. The van der Waals surface area contributed by atoms with E-state index in [1.807, 2.05) is 38.1 Å². The predicted octanol–water partition coefficient (Wildman–Crippen LogP) is 4.60. The number of hydrogen-bond donors (Lipinski definition) is 0. The van der Waals surface area contributed by atoms with Gasteiger partial charge in [0.25, 0.3) is 5.91 Å². The van der Waals surface area contributed by atoms with Crippen LogP contribution in [0, 0.1) is 11.6 Å². The number of nitrogens with zero attached hydrogens (tertiary/aromatic N) is 3. The SMILES string of the molecule is CCOc1cccc2sc(N(CCN(C)C)C(=O)c3c(F)cccc3F)nc12.Cl. The summed E-state index contributed by atoms with van der Waals surface area (Å²) >= 11 is 1.28. The number of ether oxygens (including phenoxy) is 1. The third kappa shape index (κ3) is 5.01. The number of fused-ring (bicyclic) bond motifs is 1. The fourth-order valence-electron chi connectivity index (χ4n) is 2.72. The van der Waals surface area contributed by atoms with Crippen molar-refractivity contribution in [3.63, 3.8) is 0 Å². The number of carbonyl (C=O) groups is 1. The van der Waals surface area contributed by atoms with Crippen molar-refractivity contribution in [3.8, 4) is 5.75 Å². The Morgan fingerprint density at radius 2 is 1.76 bits per heavy atom. The Kier molecular flexibility index (Phi) is 7.89. The predicted molar refractivity (Wildman–Crippen MR) is 115 cm³/mol. The number of rotatable bonds is 7. The Hall–Kier alpha value is -2.29. The van der Waals surface area contributed by atoms with E-state index in [2.05, 4.69) is 4.98 Å². The highest BCUT2D eigenvalue weighted by Gasteiger charge is 2.27. The van der Waals surface area contributed by atoms with Crippen LogP contribution in [-0.2, 0) is 0 Å². The van der Waals surface area contributed by atoms with Gasteiger partial charge in [-0.1, -0.05) is 23.5 Å². The van der Waals surface area contributed by atoms with Crippen molar-refractivity contribution >= 4 is 45.0 Å². The van der Waals surface area contributed by atoms with Crippen molar-refractivity contribution in [1.29, 1.82) is 0 Å². The molecule has 3 rings (SSSR count). The Labute approximate surface area is 178 Å². The lowest BCUT2D eigenvalue weighted by Gasteiger charge is -2.22. The van der Waals surface area contributed by atoms with Gasteiger partial charge in [-0.3, -0.25) is 9.69 Å². The Balaban J connectivity index is 0.00000300. The Morgan fingerprint density at radius 3 is 2.38 bits per heavy atom. The molecule has 2 aromatic carbocycles.